The van der Waals surface area contributed by atoms with Crippen LogP contribution in [0.15, 0.2) is 66.7 Å². The first-order chi connectivity index (χ1) is 15.9. The lowest BCUT2D eigenvalue weighted by Crippen LogP contribution is -2.46. The molecule has 3 aromatic rings. The Labute approximate surface area is 191 Å². The highest BCUT2D eigenvalue weighted by Crippen LogP contribution is 2.27. The fraction of sp³-hybridized carbons (Fsp3) is 0.308. The summed E-state index contributed by atoms with van der Waals surface area (Å²) in [6, 6.07) is 19.8. The second-order valence-corrected chi connectivity index (χ2v) is 8.26. The van der Waals surface area contributed by atoms with Gasteiger partial charge < -0.3 is 15.0 Å². The highest BCUT2D eigenvalue weighted by atomic mass is 19.3. The number of fused-ring (bicyclic) bond motifs is 1. The van der Waals surface area contributed by atoms with E-state index in [2.05, 4.69) is 10.1 Å². The third kappa shape index (κ3) is 5.13. The maximum Gasteiger partial charge on any atom is 0.387 e. The number of piperidine rings is 1. The number of rotatable bonds is 6. The molecule has 0 radical (unpaired) electrons. The fourth-order valence-electron chi connectivity index (χ4n) is 4.43. The predicted octanol–water partition coefficient (Wildman–Crippen LogP) is 5.17. The Morgan fingerprint density at radius 1 is 1.03 bits per heavy atom. The Bertz CT molecular complexity index is 1150. The van der Waals surface area contributed by atoms with E-state index in [0.717, 1.165) is 16.3 Å². The summed E-state index contributed by atoms with van der Waals surface area (Å²) in [5, 5.41) is 5.29. The van der Waals surface area contributed by atoms with Gasteiger partial charge in [0, 0.05) is 13.1 Å². The molecular weight excluding hydrogens is 426 g/mol. The standard InChI is InChI=1S/C26H26F2N2O3/c1-17(20-13-6-9-18-8-2-3-11-21(18)20)29-24(31)19-10-7-15-30(16-19)25(32)22-12-4-5-14-23(22)33-26(27)28/h2-6,8-9,11-14,17,19,26H,7,10,15-16H2,1H3,(H,29,31). The van der Waals surface area contributed by atoms with Gasteiger partial charge in [-0.05, 0) is 48.2 Å². The van der Waals surface area contributed by atoms with Crippen LogP contribution < -0.4 is 10.1 Å². The van der Waals surface area contributed by atoms with Crippen molar-refractivity contribution in [3.63, 3.8) is 0 Å². The number of carbonyl (C=O) groups excluding carboxylic acids is 2. The van der Waals surface area contributed by atoms with Crippen LogP contribution in [0.3, 0.4) is 0 Å². The summed E-state index contributed by atoms with van der Waals surface area (Å²) in [4.78, 5) is 27.6. The van der Waals surface area contributed by atoms with Crippen molar-refractivity contribution in [2.75, 3.05) is 13.1 Å². The molecule has 1 saturated heterocycles. The first-order valence-electron chi connectivity index (χ1n) is 11.0. The Hall–Kier alpha value is -3.48. The zero-order valence-corrected chi connectivity index (χ0v) is 18.3. The predicted molar refractivity (Wildman–Crippen MR) is 122 cm³/mol. The number of para-hydroxylation sites is 1. The Morgan fingerprint density at radius 3 is 2.58 bits per heavy atom. The normalized spacial score (nSPS) is 17.1. The van der Waals surface area contributed by atoms with Gasteiger partial charge in [0.25, 0.3) is 5.91 Å². The van der Waals surface area contributed by atoms with Gasteiger partial charge in [-0.2, -0.15) is 8.78 Å². The van der Waals surface area contributed by atoms with Crippen molar-refractivity contribution in [3.05, 3.63) is 77.9 Å². The monoisotopic (exact) mass is 452 g/mol. The fourth-order valence-corrected chi connectivity index (χ4v) is 4.43. The lowest BCUT2D eigenvalue weighted by Gasteiger charge is -2.33. The van der Waals surface area contributed by atoms with E-state index in [1.807, 2.05) is 49.4 Å². The van der Waals surface area contributed by atoms with E-state index < -0.39 is 12.5 Å². The average Bonchev–Trinajstić information content (AvgIpc) is 2.83. The summed E-state index contributed by atoms with van der Waals surface area (Å²) in [5.74, 6) is -1.06. The number of amides is 2. The molecule has 0 aliphatic carbocycles. The molecule has 2 unspecified atom stereocenters. The zero-order valence-electron chi connectivity index (χ0n) is 18.3. The van der Waals surface area contributed by atoms with Crippen molar-refractivity contribution in [1.82, 2.24) is 10.2 Å². The molecule has 4 rings (SSSR count). The molecule has 33 heavy (non-hydrogen) atoms. The molecule has 0 saturated carbocycles. The SMILES string of the molecule is CC(NC(=O)C1CCCN(C(=O)c2ccccc2OC(F)F)C1)c1cccc2ccccc12. The lowest BCUT2D eigenvalue weighted by molar-refractivity contribution is -0.127. The van der Waals surface area contributed by atoms with Gasteiger partial charge in [-0.3, -0.25) is 9.59 Å². The molecule has 1 N–H and O–H groups in total. The number of nitrogens with one attached hydrogen (secondary N) is 1. The molecule has 3 aromatic carbocycles. The number of carbonyl (C=O) groups is 2. The summed E-state index contributed by atoms with van der Waals surface area (Å²) < 4.78 is 30.0. The third-order valence-electron chi connectivity index (χ3n) is 6.06. The first kappa shape index (κ1) is 22.7. The van der Waals surface area contributed by atoms with E-state index in [4.69, 9.17) is 0 Å². The number of alkyl halides is 2. The third-order valence-corrected chi connectivity index (χ3v) is 6.06. The lowest BCUT2D eigenvalue weighted by atomic mass is 9.95. The van der Waals surface area contributed by atoms with Gasteiger partial charge in [0.15, 0.2) is 0 Å². The van der Waals surface area contributed by atoms with Gasteiger partial charge in [0.05, 0.1) is 17.5 Å². The Morgan fingerprint density at radius 2 is 1.76 bits per heavy atom. The van der Waals surface area contributed by atoms with Crippen molar-refractivity contribution in [1.29, 1.82) is 0 Å². The number of benzene rings is 3. The van der Waals surface area contributed by atoms with Gasteiger partial charge in [0.1, 0.15) is 5.75 Å². The zero-order chi connectivity index (χ0) is 23.4. The minimum Gasteiger partial charge on any atom is -0.434 e. The number of likely N-dealkylation sites (tertiary alicyclic amines) is 1. The molecule has 0 aromatic heterocycles. The highest BCUT2D eigenvalue weighted by molar-refractivity contribution is 5.97. The van der Waals surface area contributed by atoms with Crippen molar-refractivity contribution in [2.24, 2.45) is 5.92 Å². The summed E-state index contributed by atoms with van der Waals surface area (Å²) >= 11 is 0. The molecule has 0 spiro atoms. The number of hydrogen-bond donors (Lipinski definition) is 1. The van der Waals surface area contributed by atoms with Gasteiger partial charge in [-0.15, -0.1) is 0 Å². The number of halogens is 2. The largest absolute Gasteiger partial charge is 0.434 e. The molecule has 1 fully saturated rings. The molecule has 5 nitrogen and oxygen atoms in total. The van der Waals surface area contributed by atoms with Crippen molar-refractivity contribution < 1.29 is 23.1 Å². The molecule has 172 valence electrons. The second-order valence-electron chi connectivity index (χ2n) is 8.26. The van der Waals surface area contributed by atoms with Crippen LogP contribution in [-0.2, 0) is 4.79 Å². The molecular formula is C26H26F2N2O3. The Balaban J connectivity index is 1.45. The molecule has 7 heteroatoms. The van der Waals surface area contributed by atoms with Gasteiger partial charge >= 0.3 is 6.61 Å². The maximum atomic E-state index is 13.1. The van der Waals surface area contributed by atoms with Crippen LogP contribution in [0.4, 0.5) is 8.78 Å². The molecule has 1 aliphatic heterocycles. The van der Waals surface area contributed by atoms with Crippen LogP contribution in [0.1, 0.15) is 41.7 Å². The Kier molecular flexibility index (Phi) is 6.87. The van der Waals surface area contributed by atoms with Crippen LogP contribution in [-0.4, -0.2) is 36.4 Å². The number of ether oxygens (including phenoxy) is 1. The summed E-state index contributed by atoms with van der Waals surface area (Å²) in [7, 11) is 0. The topological polar surface area (TPSA) is 58.6 Å². The smallest absolute Gasteiger partial charge is 0.387 e. The van der Waals surface area contributed by atoms with Crippen molar-refractivity contribution in [2.45, 2.75) is 32.4 Å². The second kappa shape index (κ2) is 9.98. The quantitative estimate of drug-likeness (QED) is 0.561. The minimum atomic E-state index is -3.02. The summed E-state index contributed by atoms with van der Waals surface area (Å²) in [6.45, 7) is -0.376. The van der Waals surface area contributed by atoms with Crippen molar-refractivity contribution in [3.8, 4) is 5.75 Å². The first-order valence-corrected chi connectivity index (χ1v) is 11.0. The van der Waals surface area contributed by atoms with E-state index >= 15 is 0 Å². The van der Waals surface area contributed by atoms with Crippen LogP contribution in [0.25, 0.3) is 10.8 Å². The van der Waals surface area contributed by atoms with E-state index in [-0.39, 0.29) is 35.7 Å². The average molecular weight is 453 g/mol. The number of nitrogens with zero attached hydrogens (tertiary/aromatic N) is 1. The number of hydrogen-bond acceptors (Lipinski definition) is 3. The van der Waals surface area contributed by atoms with E-state index in [9.17, 15) is 18.4 Å². The maximum absolute atomic E-state index is 13.1. The van der Waals surface area contributed by atoms with Gasteiger partial charge in [0.2, 0.25) is 5.91 Å². The summed E-state index contributed by atoms with van der Waals surface area (Å²) in [6.07, 6.45) is 1.32. The van der Waals surface area contributed by atoms with Crippen LogP contribution >= 0.6 is 0 Å². The van der Waals surface area contributed by atoms with Gasteiger partial charge in [-0.1, -0.05) is 54.6 Å². The van der Waals surface area contributed by atoms with E-state index in [0.29, 0.717) is 19.4 Å². The summed E-state index contributed by atoms with van der Waals surface area (Å²) in [5.41, 5.74) is 1.10. The van der Waals surface area contributed by atoms with E-state index in [1.54, 1.807) is 11.0 Å². The molecule has 2 atom stereocenters. The minimum absolute atomic E-state index is 0.0722. The molecule has 1 heterocycles. The van der Waals surface area contributed by atoms with Gasteiger partial charge in [-0.25, -0.2) is 0 Å². The van der Waals surface area contributed by atoms with Crippen molar-refractivity contribution >= 4 is 22.6 Å². The molecule has 0 bridgehead atoms. The van der Waals surface area contributed by atoms with Crippen LogP contribution in [0.5, 0.6) is 5.75 Å². The molecule has 1 aliphatic rings. The van der Waals surface area contributed by atoms with Crippen LogP contribution in [0.2, 0.25) is 0 Å². The molecule has 2 amide bonds. The van der Waals surface area contributed by atoms with E-state index in [1.165, 1.54) is 18.2 Å². The highest BCUT2D eigenvalue weighted by Gasteiger charge is 2.31. The van der Waals surface area contributed by atoms with Crippen LogP contribution in [0, 0.1) is 5.92 Å².